The Labute approximate surface area is 57.6 Å². The van der Waals surface area contributed by atoms with Gasteiger partial charge < -0.3 is 4.74 Å². The van der Waals surface area contributed by atoms with E-state index in [-0.39, 0.29) is 5.88 Å². The van der Waals surface area contributed by atoms with Gasteiger partial charge in [-0.05, 0) is 6.07 Å². The summed E-state index contributed by atoms with van der Waals surface area (Å²) >= 11 is 0. The van der Waals surface area contributed by atoms with Crippen LogP contribution in [0.15, 0.2) is 24.4 Å². The molecule has 1 heterocycles. The van der Waals surface area contributed by atoms with Gasteiger partial charge in [-0.25, -0.2) is 15.5 Å². The maximum atomic E-state index is 10.0. The van der Waals surface area contributed by atoms with Gasteiger partial charge in [0.15, 0.2) is 0 Å². The van der Waals surface area contributed by atoms with Crippen molar-refractivity contribution in [2.45, 2.75) is 0 Å². The number of carbonyl (C=O) groups is 1. The van der Waals surface area contributed by atoms with E-state index < -0.39 is 6.09 Å². The normalized spacial score (nSPS) is 8.80. The molecule has 1 aromatic heterocycles. The molecule has 1 rings (SSSR count). The minimum absolute atomic E-state index is 0.155. The Morgan fingerprint density at radius 3 is 2.90 bits per heavy atom. The van der Waals surface area contributed by atoms with Crippen LogP contribution >= 0.6 is 0 Å². The topological polar surface area (TPSA) is 63.0 Å². The van der Waals surface area contributed by atoms with Gasteiger partial charge in [-0.3, -0.25) is 0 Å². The van der Waals surface area contributed by atoms with Gasteiger partial charge in [0.05, 0.1) is 0 Å². The monoisotopic (exact) mass is 137 g/mol. The molecule has 0 saturated carbocycles. The maximum absolute atomic E-state index is 10.0. The number of hydrogen-bond acceptors (Lipinski definition) is 3. The fourth-order valence-corrected chi connectivity index (χ4v) is 0.502. The van der Waals surface area contributed by atoms with Crippen LogP contribution in [-0.2, 0) is 0 Å². The molecule has 0 aliphatic carbocycles. The fourth-order valence-electron chi connectivity index (χ4n) is 0.502. The second-order valence-electron chi connectivity index (χ2n) is 1.56. The number of carbonyl (C=O) groups excluding carboxylic acids is 1. The number of pyridine rings is 1. The number of rotatable bonds is 1. The van der Waals surface area contributed by atoms with Crippen molar-refractivity contribution >= 4 is 6.09 Å². The van der Waals surface area contributed by atoms with E-state index in [9.17, 15) is 4.79 Å². The van der Waals surface area contributed by atoms with E-state index in [1.54, 1.807) is 12.1 Å². The van der Waals surface area contributed by atoms with Crippen LogP contribution < -0.4 is 10.5 Å². The second kappa shape index (κ2) is 2.82. The van der Waals surface area contributed by atoms with E-state index in [0.29, 0.717) is 0 Å². The van der Waals surface area contributed by atoms with E-state index >= 15 is 0 Å². The second-order valence-corrected chi connectivity index (χ2v) is 1.56. The SMILES string of the molecule is [NH]C(=O)Oc1ccccn1. The number of nitrogens with one attached hydrogen (secondary N) is 1. The summed E-state index contributed by atoms with van der Waals surface area (Å²) in [6.45, 7) is 0. The zero-order valence-electron chi connectivity index (χ0n) is 5.07. The first-order valence-corrected chi connectivity index (χ1v) is 2.63. The summed E-state index contributed by atoms with van der Waals surface area (Å²) in [7, 11) is 0. The molecule has 51 valence electrons. The van der Waals surface area contributed by atoms with Crippen molar-refractivity contribution in [2.24, 2.45) is 0 Å². The number of amides is 1. The molecule has 0 saturated heterocycles. The highest BCUT2D eigenvalue weighted by Crippen LogP contribution is 2.01. The predicted octanol–water partition coefficient (Wildman–Crippen LogP) is 0.863. The van der Waals surface area contributed by atoms with Crippen LogP contribution in [0.4, 0.5) is 4.79 Å². The highest BCUT2D eigenvalue weighted by molar-refractivity contribution is 5.66. The van der Waals surface area contributed by atoms with Crippen LogP contribution in [0, 0.1) is 0 Å². The molecule has 4 nitrogen and oxygen atoms in total. The average molecular weight is 137 g/mol. The summed E-state index contributed by atoms with van der Waals surface area (Å²) in [6, 6.07) is 4.87. The van der Waals surface area contributed by atoms with E-state index in [1.165, 1.54) is 12.3 Å². The lowest BCUT2D eigenvalue weighted by Crippen LogP contribution is -2.05. The molecule has 10 heavy (non-hydrogen) atoms. The van der Waals surface area contributed by atoms with Gasteiger partial charge in [-0.1, -0.05) is 6.07 Å². The molecule has 0 spiro atoms. The van der Waals surface area contributed by atoms with Crippen molar-refractivity contribution < 1.29 is 9.53 Å². The minimum atomic E-state index is -1.10. The highest BCUT2D eigenvalue weighted by Gasteiger charge is 1.96. The molecule has 4 heteroatoms. The van der Waals surface area contributed by atoms with Crippen LogP contribution in [0.25, 0.3) is 0 Å². The van der Waals surface area contributed by atoms with Gasteiger partial charge in [-0.15, -0.1) is 0 Å². The number of hydrogen-bond donors (Lipinski definition) is 0. The van der Waals surface area contributed by atoms with Gasteiger partial charge in [0.2, 0.25) is 5.88 Å². The van der Waals surface area contributed by atoms with Crippen LogP contribution in [0.2, 0.25) is 0 Å². The average Bonchev–Trinajstić information content (AvgIpc) is 1.88. The largest absolute Gasteiger partial charge is 0.432 e. The Bertz CT molecular complexity index is 222. The van der Waals surface area contributed by atoms with E-state index in [1.807, 2.05) is 0 Å². The van der Waals surface area contributed by atoms with Gasteiger partial charge in [-0.2, -0.15) is 0 Å². The molecule has 0 aromatic carbocycles. The predicted molar refractivity (Wildman–Crippen MR) is 33.4 cm³/mol. The smallest absolute Gasteiger partial charge is 0.390 e. The van der Waals surface area contributed by atoms with Crippen LogP contribution in [0.5, 0.6) is 5.88 Å². The maximum Gasteiger partial charge on any atom is 0.432 e. The summed E-state index contributed by atoms with van der Waals surface area (Å²) in [5.41, 5.74) is 6.41. The number of aromatic nitrogens is 1. The lowest BCUT2D eigenvalue weighted by Gasteiger charge is -1.94. The molecular formula is C6H5N2O2. The molecule has 0 bridgehead atoms. The third-order valence-electron chi connectivity index (χ3n) is 0.835. The molecule has 1 amide bonds. The highest BCUT2D eigenvalue weighted by atomic mass is 16.6. The Hall–Kier alpha value is -1.58. The molecule has 1 aromatic rings. The summed E-state index contributed by atoms with van der Waals surface area (Å²) in [4.78, 5) is 13.7. The van der Waals surface area contributed by atoms with Gasteiger partial charge in [0.25, 0.3) is 0 Å². The fraction of sp³-hybridized carbons (Fsp3) is 0. The summed E-state index contributed by atoms with van der Waals surface area (Å²) in [5.74, 6) is 0.155. The molecule has 0 atom stereocenters. The molecule has 0 aliphatic rings. The third kappa shape index (κ3) is 1.74. The molecule has 0 aliphatic heterocycles. The zero-order chi connectivity index (χ0) is 7.40. The Balaban J connectivity index is 2.67. The lowest BCUT2D eigenvalue weighted by molar-refractivity contribution is 0.207. The van der Waals surface area contributed by atoms with Crippen LogP contribution in [-0.4, -0.2) is 11.1 Å². The van der Waals surface area contributed by atoms with Crippen LogP contribution in [0.3, 0.4) is 0 Å². The number of ether oxygens (including phenoxy) is 1. The molecule has 0 unspecified atom stereocenters. The summed E-state index contributed by atoms with van der Waals surface area (Å²) in [6.07, 6.45) is 0.386. The molecular weight excluding hydrogens is 132 g/mol. The molecule has 1 radical (unpaired) electrons. The minimum Gasteiger partial charge on any atom is -0.390 e. The van der Waals surface area contributed by atoms with Crippen LogP contribution in [0.1, 0.15) is 0 Å². The van der Waals surface area contributed by atoms with Crippen molar-refractivity contribution in [2.75, 3.05) is 0 Å². The van der Waals surface area contributed by atoms with Gasteiger partial charge in [0, 0.05) is 12.3 Å². The summed E-state index contributed by atoms with van der Waals surface area (Å²) in [5, 5.41) is 0. The van der Waals surface area contributed by atoms with Crippen molar-refractivity contribution in [3.8, 4) is 5.88 Å². The molecule has 1 N–H and O–H groups in total. The van der Waals surface area contributed by atoms with Crippen molar-refractivity contribution in [1.82, 2.24) is 10.7 Å². The van der Waals surface area contributed by atoms with Gasteiger partial charge in [0.1, 0.15) is 0 Å². The Morgan fingerprint density at radius 2 is 2.40 bits per heavy atom. The Morgan fingerprint density at radius 1 is 1.60 bits per heavy atom. The standard InChI is InChI=1S/C6H5N2O2/c7-6(9)10-5-3-1-2-4-8-5/h1-4,7H. The van der Waals surface area contributed by atoms with E-state index in [0.717, 1.165) is 0 Å². The number of nitrogens with zero attached hydrogens (tertiary/aromatic N) is 1. The quantitative estimate of drug-likeness (QED) is 0.576. The van der Waals surface area contributed by atoms with Crippen molar-refractivity contribution in [3.63, 3.8) is 0 Å². The first-order chi connectivity index (χ1) is 4.79. The first-order valence-electron chi connectivity index (χ1n) is 2.63. The van der Waals surface area contributed by atoms with E-state index in [2.05, 4.69) is 9.72 Å². The lowest BCUT2D eigenvalue weighted by atomic mass is 10.5. The van der Waals surface area contributed by atoms with Crippen molar-refractivity contribution in [3.05, 3.63) is 24.4 Å². The molecule has 0 fully saturated rings. The first kappa shape index (κ1) is 6.54. The third-order valence-corrected chi connectivity index (χ3v) is 0.835. The Kier molecular flexibility index (Phi) is 1.84. The van der Waals surface area contributed by atoms with E-state index in [4.69, 9.17) is 5.73 Å². The summed E-state index contributed by atoms with van der Waals surface area (Å²) < 4.78 is 4.33. The van der Waals surface area contributed by atoms with Gasteiger partial charge >= 0.3 is 6.09 Å². The van der Waals surface area contributed by atoms with Crippen molar-refractivity contribution in [1.29, 1.82) is 0 Å². The zero-order valence-corrected chi connectivity index (χ0v) is 5.07.